The van der Waals surface area contributed by atoms with Gasteiger partial charge in [0.05, 0.1) is 14.2 Å². The molecule has 2 aromatic rings. The molecule has 0 bridgehead atoms. The molecule has 0 aliphatic heterocycles. The Morgan fingerprint density at radius 3 is 2.33 bits per heavy atom. The smallest absolute Gasteiger partial charge is 0.161 e. The van der Waals surface area contributed by atoms with Crippen molar-refractivity contribution in [3.05, 3.63) is 59.2 Å². The molecule has 3 rings (SSSR count). The molecule has 1 aliphatic rings. The monoisotopic (exact) mass is 283 g/mol. The average molecular weight is 283 g/mol. The first-order chi connectivity index (χ1) is 10.2. The Labute approximate surface area is 125 Å². The van der Waals surface area contributed by atoms with Gasteiger partial charge in [0, 0.05) is 12.0 Å². The molecule has 21 heavy (non-hydrogen) atoms. The van der Waals surface area contributed by atoms with E-state index >= 15 is 0 Å². The third-order valence-corrected chi connectivity index (χ3v) is 4.24. The third-order valence-electron chi connectivity index (χ3n) is 4.24. The molecule has 2 N–H and O–H groups in total. The fraction of sp³-hybridized carbons (Fsp3) is 0.333. The van der Waals surface area contributed by atoms with Gasteiger partial charge >= 0.3 is 0 Å². The van der Waals surface area contributed by atoms with Crippen molar-refractivity contribution >= 4 is 0 Å². The minimum atomic E-state index is 0.181. The molecular formula is C18H21NO2. The molecule has 1 aliphatic carbocycles. The van der Waals surface area contributed by atoms with Gasteiger partial charge in [-0.25, -0.2) is 0 Å². The average Bonchev–Trinajstić information content (AvgIpc) is 2.53. The van der Waals surface area contributed by atoms with Crippen LogP contribution in [0.5, 0.6) is 11.5 Å². The molecule has 0 heterocycles. The van der Waals surface area contributed by atoms with E-state index in [1.807, 2.05) is 6.07 Å². The van der Waals surface area contributed by atoms with Crippen LogP contribution in [-0.2, 0) is 6.42 Å². The second-order valence-electron chi connectivity index (χ2n) is 5.57. The fourth-order valence-corrected chi connectivity index (χ4v) is 3.23. The number of benzene rings is 2. The molecule has 0 spiro atoms. The first-order valence-corrected chi connectivity index (χ1v) is 7.28. The third kappa shape index (κ3) is 2.61. The standard InChI is InChI=1S/C18H21NO2/c1-20-17-9-13-8-14(19)10-15(12-6-4-3-5-7-12)16(13)11-18(17)21-2/h3-7,9,11,14-15H,8,10,19H2,1-2H3/t14-,15+/m0/s1. The van der Waals surface area contributed by atoms with Crippen LogP contribution in [0.15, 0.2) is 42.5 Å². The van der Waals surface area contributed by atoms with Crippen LogP contribution in [0, 0.1) is 0 Å². The second kappa shape index (κ2) is 5.78. The van der Waals surface area contributed by atoms with Crippen LogP contribution in [0.1, 0.15) is 29.0 Å². The maximum Gasteiger partial charge on any atom is 0.161 e. The van der Waals surface area contributed by atoms with Gasteiger partial charge in [-0.3, -0.25) is 0 Å². The molecule has 0 fully saturated rings. The van der Waals surface area contributed by atoms with Gasteiger partial charge in [0.15, 0.2) is 11.5 Å². The summed E-state index contributed by atoms with van der Waals surface area (Å²) < 4.78 is 10.9. The minimum absolute atomic E-state index is 0.181. The van der Waals surface area contributed by atoms with E-state index in [-0.39, 0.29) is 6.04 Å². The summed E-state index contributed by atoms with van der Waals surface area (Å²) in [6.45, 7) is 0. The lowest BCUT2D eigenvalue weighted by atomic mass is 9.77. The highest BCUT2D eigenvalue weighted by Crippen LogP contribution is 2.41. The predicted molar refractivity (Wildman–Crippen MR) is 84.1 cm³/mol. The van der Waals surface area contributed by atoms with Gasteiger partial charge in [-0.15, -0.1) is 0 Å². The summed E-state index contributed by atoms with van der Waals surface area (Å²) in [5, 5.41) is 0. The molecule has 110 valence electrons. The number of rotatable bonds is 3. The van der Waals surface area contributed by atoms with Gasteiger partial charge in [-0.2, -0.15) is 0 Å². The van der Waals surface area contributed by atoms with Crippen LogP contribution < -0.4 is 15.2 Å². The van der Waals surface area contributed by atoms with Crippen LogP contribution in [0.2, 0.25) is 0 Å². The van der Waals surface area contributed by atoms with Gasteiger partial charge in [-0.1, -0.05) is 30.3 Å². The van der Waals surface area contributed by atoms with Gasteiger partial charge in [0.1, 0.15) is 0 Å². The largest absolute Gasteiger partial charge is 0.493 e. The Bertz CT molecular complexity index is 625. The number of methoxy groups -OCH3 is 2. The normalized spacial score (nSPS) is 20.7. The van der Waals surface area contributed by atoms with Gasteiger partial charge in [-0.05, 0) is 41.7 Å². The highest BCUT2D eigenvalue weighted by molar-refractivity contribution is 5.52. The lowest BCUT2D eigenvalue weighted by Gasteiger charge is -2.31. The van der Waals surface area contributed by atoms with E-state index in [0.29, 0.717) is 5.92 Å². The number of fused-ring (bicyclic) bond motifs is 1. The van der Waals surface area contributed by atoms with E-state index in [0.717, 1.165) is 24.3 Å². The van der Waals surface area contributed by atoms with Crippen molar-refractivity contribution in [3.8, 4) is 11.5 Å². The molecule has 3 nitrogen and oxygen atoms in total. The first kappa shape index (κ1) is 14.0. The molecule has 0 saturated carbocycles. The SMILES string of the molecule is COc1cc2c(cc1OC)[C@@H](c1ccccc1)C[C@@H](N)C2. The zero-order valence-electron chi connectivity index (χ0n) is 12.5. The molecule has 0 amide bonds. The van der Waals surface area contributed by atoms with E-state index in [1.54, 1.807) is 14.2 Å². The summed E-state index contributed by atoms with van der Waals surface area (Å²) in [7, 11) is 3.35. The van der Waals surface area contributed by atoms with Crippen molar-refractivity contribution in [2.75, 3.05) is 14.2 Å². The summed E-state index contributed by atoms with van der Waals surface area (Å²) in [4.78, 5) is 0. The van der Waals surface area contributed by atoms with E-state index in [1.165, 1.54) is 16.7 Å². The number of hydrogen-bond acceptors (Lipinski definition) is 3. The lowest BCUT2D eigenvalue weighted by Crippen LogP contribution is -2.31. The molecule has 3 heteroatoms. The number of ether oxygens (including phenoxy) is 2. The summed E-state index contributed by atoms with van der Waals surface area (Å²) >= 11 is 0. The highest BCUT2D eigenvalue weighted by Gasteiger charge is 2.27. The predicted octanol–water partition coefficient (Wildman–Crippen LogP) is 3.11. The van der Waals surface area contributed by atoms with Crippen LogP contribution in [0.4, 0.5) is 0 Å². The van der Waals surface area contributed by atoms with E-state index in [4.69, 9.17) is 15.2 Å². The van der Waals surface area contributed by atoms with Crippen molar-refractivity contribution in [1.82, 2.24) is 0 Å². The minimum Gasteiger partial charge on any atom is -0.493 e. The molecular weight excluding hydrogens is 262 g/mol. The van der Waals surface area contributed by atoms with Crippen LogP contribution in [0.25, 0.3) is 0 Å². The van der Waals surface area contributed by atoms with E-state index in [9.17, 15) is 0 Å². The Morgan fingerprint density at radius 2 is 1.67 bits per heavy atom. The Morgan fingerprint density at radius 1 is 1.00 bits per heavy atom. The Hall–Kier alpha value is -2.00. The summed E-state index contributed by atoms with van der Waals surface area (Å²) in [5.74, 6) is 1.88. The van der Waals surface area contributed by atoms with Crippen molar-refractivity contribution in [2.45, 2.75) is 24.8 Å². The van der Waals surface area contributed by atoms with Crippen molar-refractivity contribution < 1.29 is 9.47 Å². The lowest BCUT2D eigenvalue weighted by molar-refractivity contribution is 0.352. The Kier molecular flexibility index (Phi) is 3.84. The Balaban J connectivity index is 2.11. The summed E-state index contributed by atoms with van der Waals surface area (Å²) in [6.07, 6.45) is 1.85. The molecule has 0 aromatic heterocycles. The van der Waals surface area contributed by atoms with Crippen molar-refractivity contribution in [2.24, 2.45) is 5.73 Å². The van der Waals surface area contributed by atoms with Gasteiger partial charge in [0.2, 0.25) is 0 Å². The summed E-state index contributed by atoms with van der Waals surface area (Å²) in [6, 6.07) is 14.9. The summed E-state index contributed by atoms with van der Waals surface area (Å²) in [5.41, 5.74) is 10.1. The zero-order valence-corrected chi connectivity index (χ0v) is 12.5. The van der Waals surface area contributed by atoms with Gasteiger partial charge in [0.25, 0.3) is 0 Å². The van der Waals surface area contributed by atoms with Crippen molar-refractivity contribution in [3.63, 3.8) is 0 Å². The van der Waals surface area contributed by atoms with Crippen LogP contribution >= 0.6 is 0 Å². The molecule has 2 aromatic carbocycles. The maximum absolute atomic E-state index is 6.27. The van der Waals surface area contributed by atoms with Crippen molar-refractivity contribution in [1.29, 1.82) is 0 Å². The van der Waals surface area contributed by atoms with Crippen LogP contribution in [0.3, 0.4) is 0 Å². The van der Waals surface area contributed by atoms with E-state index in [2.05, 4.69) is 36.4 Å². The van der Waals surface area contributed by atoms with Crippen LogP contribution in [-0.4, -0.2) is 20.3 Å². The molecule has 0 radical (unpaired) electrons. The molecule has 2 atom stereocenters. The number of nitrogens with two attached hydrogens (primary N) is 1. The number of hydrogen-bond donors (Lipinski definition) is 1. The highest BCUT2D eigenvalue weighted by atomic mass is 16.5. The second-order valence-corrected chi connectivity index (χ2v) is 5.57. The molecule has 0 saturated heterocycles. The van der Waals surface area contributed by atoms with Gasteiger partial charge < -0.3 is 15.2 Å². The fourth-order valence-electron chi connectivity index (χ4n) is 3.23. The van der Waals surface area contributed by atoms with E-state index < -0.39 is 0 Å². The topological polar surface area (TPSA) is 44.5 Å². The maximum atomic E-state index is 6.27. The molecule has 0 unspecified atom stereocenters. The quantitative estimate of drug-likeness (QED) is 0.941. The first-order valence-electron chi connectivity index (χ1n) is 7.28. The zero-order chi connectivity index (χ0) is 14.8.